The highest BCUT2D eigenvalue weighted by Crippen LogP contribution is 2.23. The molecule has 3 rings (SSSR count). The molecule has 1 N–H and O–H groups in total. The van der Waals surface area contributed by atoms with Crippen molar-refractivity contribution in [2.75, 3.05) is 5.32 Å². The third kappa shape index (κ3) is 5.28. The number of allylic oxidation sites excluding steroid dienone is 1. The normalized spacial score (nSPS) is 10.8. The van der Waals surface area contributed by atoms with Crippen LogP contribution in [0.3, 0.4) is 0 Å². The predicted molar refractivity (Wildman–Crippen MR) is 109 cm³/mol. The zero-order valence-electron chi connectivity index (χ0n) is 16.7. The minimum absolute atomic E-state index is 0.146. The zero-order valence-corrected chi connectivity index (χ0v) is 16.7. The van der Waals surface area contributed by atoms with Gasteiger partial charge in [-0.25, -0.2) is 14.4 Å². The molecule has 150 valence electrons. The lowest BCUT2D eigenvalue weighted by Gasteiger charge is -2.10. The Hall–Kier alpha value is -3.48. The fraction of sp³-hybridized carbons (Fsp3) is 0.182. The Morgan fingerprint density at radius 1 is 0.966 bits per heavy atom. The maximum absolute atomic E-state index is 13.6. The molecule has 3 aromatic rings. The molecular weight excluding hydrogens is 374 g/mol. The predicted octanol–water partition coefficient (Wildman–Crippen LogP) is 5.19. The molecule has 0 aromatic carbocycles. The van der Waals surface area contributed by atoms with Gasteiger partial charge in [0, 0.05) is 35.3 Å². The first kappa shape index (κ1) is 21.8. The number of aromatic nitrogens is 3. The summed E-state index contributed by atoms with van der Waals surface area (Å²) in [5.74, 6) is -1.27. The Kier molecular flexibility index (Phi) is 7.65. The summed E-state index contributed by atoms with van der Waals surface area (Å²) in [4.78, 5) is 23.9. The quantitative estimate of drug-likeness (QED) is 0.617. The molecular formula is C22H22F2N4O. The molecule has 5 nitrogen and oxygen atoms in total. The Morgan fingerprint density at radius 2 is 1.62 bits per heavy atom. The van der Waals surface area contributed by atoms with Crippen molar-refractivity contribution < 1.29 is 13.6 Å². The highest BCUT2D eigenvalue weighted by atomic mass is 19.1. The van der Waals surface area contributed by atoms with Crippen LogP contribution in [-0.4, -0.2) is 20.9 Å². The van der Waals surface area contributed by atoms with Gasteiger partial charge < -0.3 is 5.32 Å². The first-order valence-corrected chi connectivity index (χ1v) is 9.15. The third-order valence-electron chi connectivity index (χ3n) is 4.04. The molecule has 0 spiro atoms. The van der Waals surface area contributed by atoms with Gasteiger partial charge in [-0.3, -0.25) is 9.78 Å². The maximum atomic E-state index is 13.6. The molecule has 0 saturated heterocycles. The first-order valence-electron chi connectivity index (χ1n) is 9.15. The van der Waals surface area contributed by atoms with E-state index >= 15 is 0 Å². The van der Waals surface area contributed by atoms with Gasteiger partial charge in [0.15, 0.2) is 0 Å². The summed E-state index contributed by atoms with van der Waals surface area (Å²) in [5.41, 5.74) is 2.73. The first-order chi connectivity index (χ1) is 14.0. The number of amides is 1. The number of carbonyl (C=O) groups excluding carboxylic acids is 1. The van der Waals surface area contributed by atoms with Crippen LogP contribution in [0.15, 0.2) is 55.1 Å². The lowest BCUT2D eigenvalue weighted by molar-refractivity contribution is 0.102. The number of halogens is 2. The van der Waals surface area contributed by atoms with E-state index in [-0.39, 0.29) is 11.1 Å². The number of nitrogens with one attached hydrogen (secondary N) is 1. The van der Waals surface area contributed by atoms with Gasteiger partial charge in [-0.1, -0.05) is 19.9 Å². The molecule has 0 saturated carbocycles. The van der Waals surface area contributed by atoms with Crippen LogP contribution in [0.2, 0.25) is 0 Å². The van der Waals surface area contributed by atoms with Crippen molar-refractivity contribution in [2.45, 2.75) is 27.7 Å². The molecule has 29 heavy (non-hydrogen) atoms. The highest BCUT2D eigenvalue weighted by molar-refractivity contribution is 6.04. The molecule has 0 bridgehead atoms. The second kappa shape index (κ2) is 10.2. The molecule has 7 heteroatoms. The van der Waals surface area contributed by atoms with Crippen LogP contribution in [0.4, 0.5) is 14.6 Å². The van der Waals surface area contributed by atoms with E-state index in [1.807, 2.05) is 26.8 Å². The van der Waals surface area contributed by atoms with Crippen molar-refractivity contribution in [3.63, 3.8) is 0 Å². The van der Waals surface area contributed by atoms with Crippen LogP contribution < -0.4 is 5.32 Å². The molecule has 0 radical (unpaired) electrons. The van der Waals surface area contributed by atoms with E-state index in [1.165, 1.54) is 25.4 Å². The van der Waals surface area contributed by atoms with Crippen LogP contribution in [0.1, 0.15) is 47.8 Å². The van der Waals surface area contributed by atoms with E-state index in [4.69, 9.17) is 0 Å². The summed E-state index contributed by atoms with van der Waals surface area (Å²) in [5, 5.41) is 2.62. The minimum Gasteiger partial charge on any atom is -0.307 e. The van der Waals surface area contributed by atoms with E-state index in [0.29, 0.717) is 5.82 Å². The Morgan fingerprint density at radius 3 is 2.17 bits per heavy atom. The number of pyridine rings is 3. The van der Waals surface area contributed by atoms with E-state index in [9.17, 15) is 13.6 Å². The Balaban J connectivity index is 0.00000145. The van der Waals surface area contributed by atoms with E-state index in [2.05, 4.69) is 20.3 Å². The Bertz CT molecular complexity index is 1000. The zero-order chi connectivity index (χ0) is 21.4. The fourth-order valence-corrected chi connectivity index (χ4v) is 2.57. The summed E-state index contributed by atoms with van der Waals surface area (Å²) in [6.45, 7) is 7.37. The summed E-state index contributed by atoms with van der Waals surface area (Å²) in [6.07, 6.45) is 7.26. The van der Waals surface area contributed by atoms with Crippen LogP contribution in [0, 0.1) is 18.7 Å². The van der Waals surface area contributed by atoms with Gasteiger partial charge in [-0.05, 0) is 43.7 Å². The summed E-state index contributed by atoms with van der Waals surface area (Å²) < 4.78 is 26.6. The van der Waals surface area contributed by atoms with Gasteiger partial charge in [0.05, 0.1) is 11.8 Å². The Labute approximate surface area is 168 Å². The molecule has 3 heterocycles. The second-order valence-electron chi connectivity index (χ2n) is 5.75. The van der Waals surface area contributed by atoms with Gasteiger partial charge in [0.2, 0.25) is 5.95 Å². The molecule has 0 fully saturated rings. The van der Waals surface area contributed by atoms with E-state index in [0.717, 1.165) is 22.9 Å². The number of hydrogen-bond acceptors (Lipinski definition) is 4. The second-order valence-corrected chi connectivity index (χ2v) is 5.75. The topological polar surface area (TPSA) is 67.8 Å². The van der Waals surface area contributed by atoms with Crippen LogP contribution in [0.25, 0.3) is 5.57 Å². The number of anilines is 1. The third-order valence-corrected chi connectivity index (χ3v) is 4.04. The van der Waals surface area contributed by atoms with Crippen molar-refractivity contribution in [1.82, 2.24) is 15.0 Å². The number of carbonyl (C=O) groups is 1. The van der Waals surface area contributed by atoms with Crippen molar-refractivity contribution in [1.29, 1.82) is 0 Å². The minimum atomic E-state index is -0.549. The molecule has 0 atom stereocenters. The molecule has 0 unspecified atom stereocenters. The largest absolute Gasteiger partial charge is 0.307 e. The van der Waals surface area contributed by atoms with Crippen molar-refractivity contribution >= 4 is 17.3 Å². The van der Waals surface area contributed by atoms with Crippen molar-refractivity contribution in [2.24, 2.45) is 0 Å². The van der Waals surface area contributed by atoms with E-state index in [1.54, 1.807) is 24.4 Å². The van der Waals surface area contributed by atoms with Crippen LogP contribution in [0.5, 0.6) is 0 Å². The fourth-order valence-electron chi connectivity index (χ4n) is 2.57. The maximum Gasteiger partial charge on any atom is 0.258 e. The molecule has 0 aliphatic rings. The van der Waals surface area contributed by atoms with Gasteiger partial charge in [0.1, 0.15) is 11.6 Å². The SMILES string of the molecule is C/C=C(/c1ccc(F)nc1)c1ccc(NC(=O)c2cncc(F)c2C)nc1.CC. The van der Waals surface area contributed by atoms with Gasteiger partial charge >= 0.3 is 0 Å². The number of nitrogens with zero attached hydrogens (tertiary/aromatic N) is 3. The number of rotatable bonds is 4. The van der Waals surface area contributed by atoms with Gasteiger partial charge in [0.25, 0.3) is 5.91 Å². The van der Waals surface area contributed by atoms with Gasteiger partial charge in [-0.15, -0.1) is 0 Å². The summed E-state index contributed by atoms with van der Waals surface area (Å²) >= 11 is 0. The molecule has 3 aromatic heterocycles. The smallest absolute Gasteiger partial charge is 0.258 e. The summed E-state index contributed by atoms with van der Waals surface area (Å²) in [7, 11) is 0. The van der Waals surface area contributed by atoms with E-state index < -0.39 is 17.7 Å². The lowest BCUT2D eigenvalue weighted by Crippen LogP contribution is -2.15. The average Bonchev–Trinajstić information content (AvgIpc) is 2.74. The molecule has 0 aliphatic carbocycles. The van der Waals surface area contributed by atoms with Crippen LogP contribution in [-0.2, 0) is 0 Å². The summed E-state index contributed by atoms with van der Waals surface area (Å²) in [6, 6.07) is 6.33. The molecule has 1 amide bonds. The standard InChI is InChI=1S/C20H16F2N4O.C2H6/c1-3-15(13-4-6-18(22)24-8-13)14-5-7-19(25-9-14)26-20(27)16-10-23-11-17(21)12(16)2;1-2/h3-11H,1-2H3,(H,25,26,27);1-2H3/b15-3-;. The van der Waals surface area contributed by atoms with Crippen molar-refractivity contribution in [3.8, 4) is 0 Å². The highest BCUT2D eigenvalue weighted by Gasteiger charge is 2.13. The lowest BCUT2D eigenvalue weighted by atomic mass is 10.0. The van der Waals surface area contributed by atoms with Crippen LogP contribution >= 0.6 is 0 Å². The van der Waals surface area contributed by atoms with Crippen molar-refractivity contribution in [3.05, 3.63) is 89.1 Å². The molecule has 0 aliphatic heterocycles. The average molecular weight is 396 g/mol. The van der Waals surface area contributed by atoms with Gasteiger partial charge in [-0.2, -0.15) is 4.39 Å². The number of hydrogen-bond donors (Lipinski definition) is 1. The monoisotopic (exact) mass is 396 g/mol.